The quantitative estimate of drug-likeness (QED) is 0.450. The van der Waals surface area contributed by atoms with Gasteiger partial charge in [-0.25, -0.2) is 0 Å². The van der Waals surface area contributed by atoms with E-state index in [0.29, 0.717) is 27.6 Å². The highest BCUT2D eigenvalue weighted by Gasteiger charge is 2.68. The minimum atomic E-state index is 0.333. The van der Waals surface area contributed by atoms with E-state index in [9.17, 15) is 0 Å². The summed E-state index contributed by atoms with van der Waals surface area (Å²) < 4.78 is 0. The van der Waals surface area contributed by atoms with Gasteiger partial charge in [0.05, 0.1) is 0 Å². The lowest BCUT2D eigenvalue weighted by Crippen LogP contribution is -2.68. The standard InChI is InChI=1S/C25H50/c1-14-18(6)20(15-2)21-22(8,9)19(7)23(10,11)25(13,17(4)5)24(21,12)16-3/h17-21H,14-16H2,1-13H3. The average molecular weight is 351 g/mol. The van der Waals surface area contributed by atoms with Crippen LogP contribution >= 0.6 is 0 Å². The molecule has 0 radical (unpaired) electrons. The Bertz CT molecular complexity index is 443. The second-order valence-electron chi connectivity index (χ2n) is 11.3. The van der Waals surface area contributed by atoms with E-state index in [1.807, 2.05) is 0 Å². The van der Waals surface area contributed by atoms with Crippen molar-refractivity contribution in [3.63, 3.8) is 0 Å². The molecule has 6 atom stereocenters. The lowest BCUT2D eigenvalue weighted by atomic mass is 9.31. The Morgan fingerprint density at radius 1 is 0.800 bits per heavy atom. The van der Waals surface area contributed by atoms with Gasteiger partial charge in [-0.3, -0.25) is 0 Å². The molecule has 0 aromatic heterocycles. The molecule has 0 bridgehead atoms. The van der Waals surface area contributed by atoms with Crippen LogP contribution in [-0.2, 0) is 0 Å². The first-order valence-corrected chi connectivity index (χ1v) is 11.2. The highest BCUT2D eigenvalue weighted by molar-refractivity contribution is 5.16. The third kappa shape index (κ3) is 2.93. The molecule has 0 aliphatic heterocycles. The van der Waals surface area contributed by atoms with Gasteiger partial charge in [0.25, 0.3) is 0 Å². The van der Waals surface area contributed by atoms with Crippen molar-refractivity contribution < 1.29 is 0 Å². The number of hydrogen-bond acceptors (Lipinski definition) is 0. The van der Waals surface area contributed by atoms with Crippen LogP contribution in [0.25, 0.3) is 0 Å². The maximum absolute atomic E-state index is 2.66. The van der Waals surface area contributed by atoms with Crippen LogP contribution in [0.15, 0.2) is 0 Å². The SMILES string of the molecule is CCC(C)C(CC)C1C(C)(C)C(C)C(C)(C)C(C)(C(C)C)C1(C)CC. The summed E-state index contributed by atoms with van der Waals surface area (Å²) in [5.41, 5.74) is 1.41. The van der Waals surface area contributed by atoms with Crippen molar-refractivity contribution in [1.82, 2.24) is 0 Å². The molecule has 0 N–H and O–H groups in total. The molecule has 0 heteroatoms. The van der Waals surface area contributed by atoms with E-state index in [1.165, 1.54) is 19.3 Å². The molecule has 0 amide bonds. The lowest BCUT2D eigenvalue weighted by Gasteiger charge is -2.73. The van der Waals surface area contributed by atoms with Gasteiger partial charge in [0.15, 0.2) is 0 Å². The summed E-state index contributed by atoms with van der Waals surface area (Å²) in [4.78, 5) is 0. The summed E-state index contributed by atoms with van der Waals surface area (Å²) in [5.74, 6) is 3.82. The topological polar surface area (TPSA) is 0 Å². The molecule has 1 aliphatic rings. The number of rotatable bonds is 6. The summed E-state index contributed by atoms with van der Waals surface area (Å²) in [7, 11) is 0. The van der Waals surface area contributed by atoms with Crippen molar-refractivity contribution in [3.05, 3.63) is 0 Å². The van der Waals surface area contributed by atoms with E-state index in [0.717, 1.165) is 23.7 Å². The van der Waals surface area contributed by atoms with Crippen LogP contribution in [0.5, 0.6) is 0 Å². The maximum Gasteiger partial charge on any atom is -0.0192 e. The summed E-state index contributed by atoms with van der Waals surface area (Å²) in [6.45, 7) is 33.0. The van der Waals surface area contributed by atoms with Crippen LogP contribution in [0.2, 0.25) is 0 Å². The molecular formula is C25H50. The van der Waals surface area contributed by atoms with Crippen molar-refractivity contribution in [1.29, 1.82) is 0 Å². The minimum Gasteiger partial charge on any atom is -0.0651 e. The van der Waals surface area contributed by atoms with Gasteiger partial charge in [-0.05, 0) is 57.7 Å². The zero-order chi connectivity index (χ0) is 20.0. The van der Waals surface area contributed by atoms with Crippen LogP contribution in [-0.4, -0.2) is 0 Å². The lowest BCUT2D eigenvalue weighted by molar-refractivity contribution is -0.255. The Kier molecular flexibility index (Phi) is 6.63. The molecule has 1 aliphatic carbocycles. The fourth-order valence-corrected chi connectivity index (χ4v) is 7.81. The normalized spacial score (nSPS) is 40.1. The highest BCUT2D eigenvalue weighted by atomic mass is 14.7. The molecule has 0 spiro atoms. The van der Waals surface area contributed by atoms with Gasteiger partial charge in [0.2, 0.25) is 0 Å². The van der Waals surface area contributed by atoms with Crippen molar-refractivity contribution in [2.75, 3.05) is 0 Å². The Morgan fingerprint density at radius 2 is 1.28 bits per heavy atom. The Hall–Kier alpha value is 0. The monoisotopic (exact) mass is 350 g/mol. The third-order valence-corrected chi connectivity index (χ3v) is 10.4. The van der Waals surface area contributed by atoms with E-state index >= 15 is 0 Å². The van der Waals surface area contributed by atoms with Gasteiger partial charge < -0.3 is 0 Å². The summed E-state index contributed by atoms with van der Waals surface area (Å²) in [6, 6.07) is 0. The molecular weight excluding hydrogens is 300 g/mol. The van der Waals surface area contributed by atoms with Crippen LogP contribution in [0.4, 0.5) is 0 Å². The van der Waals surface area contributed by atoms with Crippen molar-refractivity contribution in [2.24, 2.45) is 51.2 Å². The molecule has 0 heterocycles. The Morgan fingerprint density at radius 3 is 1.60 bits per heavy atom. The van der Waals surface area contributed by atoms with E-state index < -0.39 is 0 Å². The van der Waals surface area contributed by atoms with Gasteiger partial charge in [-0.15, -0.1) is 0 Å². The van der Waals surface area contributed by atoms with Gasteiger partial charge in [0.1, 0.15) is 0 Å². The molecule has 0 aromatic rings. The average Bonchev–Trinajstić information content (AvgIpc) is 2.54. The molecule has 6 unspecified atom stereocenters. The Balaban J connectivity index is 3.78. The van der Waals surface area contributed by atoms with Crippen molar-refractivity contribution in [3.8, 4) is 0 Å². The second kappa shape index (κ2) is 7.20. The zero-order valence-electron chi connectivity index (χ0n) is 20.0. The highest BCUT2D eigenvalue weighted by Crippen LogP contribution is 2.74. The van der Waals surface area contributed by atoms with E-state index in [-0.39, 0.29) is 0 Å². The van der Waals surface area contributed by atoms with Gasteiger partial charge in [-0.1, -0.05) is 103 Å². The minimum absolute atomic E-state index is 0.333. The Labute approximate surface area is 160 Å². The van der Waals surface area contributed by atoms with E-state index in [2.05, 4.69) is 90.0 Å². The molecule has 1 fully saturated rings. The molecule has 150 valence electrons. The summed E-state index contributed by atoms with van der Waals surface area (Å²) >= 11 is 0. The predicted molar refractivity (Wildman–Crippen MR) is 115 cm³/mol. The zero-order valence-corrected chi connectivity index (χ0v) is 20.0. The molecule has 25 heavy (non-hydrogen) atoms. The molecule has 0 aromatic carbocycles. The molecule has 0 saturated heterocycles. The molecule has 0 nitrogen and oxygen atoms in total. The van der Waals surface area contributed by atoms with Gasteiger partial charge >= 0.3 is 0 Å². The fourth-order valence-electron chi connectivity index (χ4n) is 7.81. The van der Waals surface area contributed by atoms with Crippen LogP contribution in [0.3, 0.4) is 0 Å². The largest absolute Gasteiger partial charge is 0.0651 e. The first-order chi connectivity index (χ1) is 11.2. The first kappa shape index (κ1) is 23.0. The summed E-state index contributed by atoms with van der Waals surface area (Å²) in [5, 5.41) is 0. The maximum atomic E-state index is 2.66. The van der Waals surface area contributed by atoms with Crippen LogP contribution in [0.1, 0.15) is 109 Å². The molecule has 1 rings (SSSR count). The van der Waals surface area contributed by atoms with Gasteiger partial charge in [-0.2, -0.15) is 0 Å². The van der Waals surface area contributed by atoms with Crippen LogP contribution in [0, 0.1) is 51.2 Å². The van der Waals surface area contributed by atoms with Gasteiger partial charge in [0, 0.05) is 0 Å². The third-order valence-electron chi connectivity index (χ3n) is 10.4. The van der Waals surface area contributed by atoms with E-state index in [4.69, 9.17) is 0 Å². The fraction of sp³-hybridized carbons (Fsp3) is 1.00. The number of hydrogen-bond donors (Lipinski definition) is 0. The smallest absolute Gasteiger partial charge is 0.0192 e. The molecule has 1 saturated carbocycles. The second-order valence-corrected chi connectivity index (χ2v) is 11.3. The van der Waals surface area contributed by atoms with Crippen molar-refractivity contribution >= 4 is 0 Å². The predicted octanol–water partition coefficient (Wildman–Crippen LogP) is 8.46. The van der Waals surface area contributed by atoms with Crippen molar-refractivity contribution in [2.45, 2.75) is 109 Å². The van der Waals surface area contributed by atoms with E-state index in [1.54, 1.807) is 0 Å². The first-order valence-electron chi connectivity index (χ1n) is 11.2. The summed E-state index contributed by atoms with van der Waals surface area (Å²) in [6.07, 6.45) is 3.92. The van der Waals surface area contributed by atoms with Crippen LogP contribution < -0.4 is 0 Å².